The summed E-state index contributed by atoms with van der Waals surface area (Å²) in [5.74, 6) is -0.0255. The van der Waals surface area contributed by atoms with Crippen molar-refractivity contribution in [3.63, 3.8) is 0 Å². The molecule has 126 valence electrons. The predicted octanol–water partition coefficient (Wildman–Crippen LogP) is 5.12. The first-order chi connectivity index (χ1) is 11.4. The lowest BCUT2D eigenvalue weighted by Crippen LogP contribution is -2.17. The molecule has 2 aromatic carbocycles. The zero-order valence-electron chi connectivity index (χ0n) is 12.5. The Balaban J connectivity index is 2.08. The molecule has 0 saturated heterocycles. The average Bonchev–Trinajstić information content (AvgIpc) is 2.53. The van der Waals surface area contributed by atoms with Crippen molar-refractivity contribution in [1.29, 1.82) is 0 Å². The van der Waals surface area contributed by atoms with Crippen molar-refractivity contribution in [2.45, 2.75) is 11.3 Å². The Bertz CT molecular complexity index is 715. The molecule has 2 rings (SSSR count). The van der Waals surface area contributed by atoms with Gasteiger partial charge in [0.05, 0.1) is 5.56 Å². The molecule has 0 aliphatic rings. The molecule has 0 unspecified atom stereocenters. The monoisotopic (exact) mass is 353 g/mol. The minimum absolute atomic E-state index is 0.341. The van der Waals surface area contributed by atoms with Crippen LogP contribution in [0.1, 0.15) is 10.4 Å². The summed E-state index contributed by atoms with van der Waals surface area (Å²) in [6.07, 6.45) is -3.01. The van der Waals surface area contributed by atoms with E-state index in [1.165, 1.54) is 23.9 Å². The van der Waals surface area contributed by atoms with Crippen molar-refractivity contribution in [1.82, 2.24) is 0 Å². The zero-order chi connectivity index (χ0) is 17.6. The number of carbonyl (C=O) groups is 1. The Morgan fingerprint density at radius 2 is 1.83 bits per heavy atom. The SMILES string of the molecule is C=CCSc1ccccc1C(=O)Nc1ccc(OC(F)(F)F)cc1. The Morgan fingerprint density at radius 3 is 2.46 bits per heavy atom. The molecule has 0 heterocycles. The van der Waals surface area contributed by atoms with Gasteiger partial charge in [0.25, 0.3) is 5.91 Å². The van der Waals surface area contributed by atoms with E-state index in [1.807, 2.05) is 12.1 Å². The summed E-state index contributed by atoms with van der Waals surface area (Å²) < 4.78 is 40.1. The van der Waals surface area contributed by atoms with Gasteiger partial charge in [0, 0.05) is 16.3 Å². The Kier molecular flexibility index (Phi) is 5.92. The van der Waals surface area contributed by atoms with Gasteiger partial charge in [-0.2, -0.15) is 0 Å². The zero-order valence-corrected chi connectivity index (χ0v) is 13.3. The van der Waals surface area contributed by atoms with Crippen LogP contribution in [0.2, 0.25) is 0 Å². The van der Waals surface area contributed by atoms with Crippen LogP contribution in [0.5, 0.6) is 5.75 Å². The van der Waals surface area contributed by atoms with Crippen LogP contribution in [0.15, 0.2) is 66.1 Å². The van der Waals surface area contributed by atoms with Crippen molar-refractivity contribution in [3.8, 4) is 5.75 Å². The van der Waals surface area contributed by atoms with Gasteiger partial charge in [0.2, 0.25) is 0 Å². The second kappa shape index (κ2) is 7.92. The molecule has 2 aromatic rings. The topological polar surface area (TPSA) is 38.3 Å². The third kappa shape index (κ3) is 5.34. The number of amides is 1. The summed E-state index contributed by atoms with van der Waals surface area (Å²) in [6.45, 7) is 3.64. The van der Waals surface area contributed by atoms with Gasteiger partial charge in [-0.15, -0.1) is 31.5 Å². The van der Waals surface area contributed by atoms with E-state index >= 15 is 0 Å². The fourth-order valence-electron chi connectivity index (χ4n) is 1.87. The highest BCUT2D eigenvalue weighted by atomic mass is 32.2. The van der Waals surface area contributed by atoms with Crippen molar-refractivity contribution in [3.05, 3.63) is 66.7 Å². The maximum Gasteiger partial charge on any atom is 0.573 e. The number of hydrogen-bond acceptors (Lipinski definition) is 3. The summed E-state index contributed by atoms with van der Waals surface area (Å²) in [7, 11) is 0. The molecule has 0 bridgehead atoms. The van der Waals surface area contributed by atoms with Crippen molar-refractivity contribution >= 4 is 23.4 Å². The minimum atomic E-state index is -4.74. The third-order valence-electron chi connectivity index (χ3n) is 2.83. The lowest BCUT2D eigenvalue weighted by molar-refractivity contribution is -0.274. The van der Waals surface area contributed by atoms with Gasteiger partial charge in [-0.3, -0.25) is 4.79 Å². The molecule has 0 fully saturated rings. The molecule has 0 saturated carbocycles. The van der Waals surface area contributed by atoms with E-state index in [-0.39, 0.29) is 11.7 Å². The van der Waals surface area contributed by atoms with E-state index < -0.39 is 6.36 Å². The second-order valence-corrected chi connectivity index (χ2v) is 5.68. The second-order valence-electron chi connectivity index (χ2n) is 4.62. The lowest BCUT2D eigenvalue weighted by Gasteiger charge is -2.11. The highest BCUT2D eigenvalue weighted by molar-refractivity contribution is 7.99. The molecule has 1 amide bonds. The van der Waals surface area contributed by atoms with Crippen molar-refractivity contribution in [2.24, 2.45) is 0 Å². The molecule has 0 aliphatic carbocycles. The quantitative estimate of drug-likeness (QED) is 0.579. The Morgan fingerprint density at radius 1 is 1.17 bits per heavy atom. The average molecular weight is 353 g/mol. The largest absolute Gasteiger partial charge is 0.573 e. The molecule has 3 nitrogen and oxygen atoms in total. The summed E-state index contributed by atoms with van der Waals surface area (Å²) in [6, 6.07) is 12.0. The number of halogens is 3. The maximum absolute atomic E-state index is 12.4. The molecule has 0 atom stereocenters. The first kappa shape index (κ1) is 17.9. The summed E-state index contributed by atoms with van der Waals surface area (Å²) in [5.41, 5.74) is 0.859. The summed E-state index contributed by atoms with van der Waals surface area (Å²) in [5, 5.41) is 2.65. The number of anilines is 1. The van der Waals surface area contributed by atoms with Crippen molar-refractivity contribution < 1.29 is 22.7 Å². The van der Waals surface area contributed by atoms with Crippen LogP contribution in [0, 0.1) is 0 Å². The number of ether oxygens (including phenoxy) is 1. The van der Waals surface area contributed by atoms with Crippen LogP contribution in [-0.4, -0.2) is 18.0 Å². The Hall–Kier alpha value is -2.41. The van der Waals surface area contributed by atoms with E-state index in [1.54, 1.807) is 18.2 Å². The normalized spacial score (nSPS) is 11.0. The van der Waals surface area contributed by atoms with Gasteiger partial charge in [0.15, 0.2) is 0 Å². The van der Waals surface area contributed by atoms with Gasteiger partial charge in [-0.05, 0) is 36.4 Å². The number of nitrogens with one attached hydrogen (secondary N) is 1. The molecular weight excluding hydrogens is 339 g/mol. The maximum atomic E-state index is 12.4. The molecule has 0 spiro atoms. The van der Waals surface area contributed by atoms with Crippen LogP contribution in [-0.2, 0) is 0 Å². The van der Waals surface area contributed by atoms with Gasteiger partial charge < -0.3 is 10.1 Å². The van der Waals surface area contributed by atoms with Crippen LogP contribution in [0.25, 0.3) is 0 Å². The van der Waals surface area contributed by atoms with Crippen LogP contribution >= 0.6 is 11.8 Å². The smallest absolute Gasteiger partial charge is 0.406 e. The first-order valence-corrected chi connectivity index (χ1v) is 7.87. The van der Waals surface area contributed by atoms with Gasteiger partial charge in [-0.1, -0.05) is 18.2 Å². The van der Waals surface area contributed by atoms with E-state index in [4.69, 9.17) is 0 Å². The standard InChI is InChI=1S/C17H14F3NO2S/c1-2-11-24-15-6-4-3-5-14(15)16(22)21-12-7-9-13(10-8-12)23-17(18,19)20/h2-10H,1,11H2,(H,21,22). The highest BCUT2D eigenvalue weighted by Gasteiger charge is 2.30. The predicted molar refractivity (Wildman–Crippen MR) is 88.4 cm³/mol. The lowest BCUT2D eigenvalue weighted by atomic mass is 10.2. The van der Waals surface area contributed by atoms with Gasteiger partial charge >= 0.3 is 6.36 Å². The number of carbonyl (C=O) groups excluding carboxylic acids is 1. The van der Waals surface area contributed by atoms with Crippen LogP contribution < -0.4 is 10.1 Å². The van der Waals surface area contributed by atoms with E-state index in [9.17, 15) is 18.0 Å². The first-order valence-electron chi connectivity index (χ1n) is 6.89. The van der Waals surface area contributed by atoms with Crippen LogP contribution in [0.3, 0.4) is 0 Å². The number of benzene rings is 2. The number of hydrogen-bond donors (Lipinski definition) is 1. The molecular formula is C17H14F3NO2S. The third-order valence-corrected chi connectivity index (χ3v) is 3.90. The number of rotatable bonds is 6. The fraction of sp³-hybridized carbons (Fsp3) is 0.118. The van der Waals surface area contributed by atoms with Crippen LogP contribution in [0.4, 0.5) is 18.9 Å². The van der Waals surface area contributed by atoms with E-state index in [2.05, 4.69) is 16.6 Å². The molecule has 0 aliphatic heterocycles. The number of alkyl halides is 3. The van der Waals surface area contributed by atoms with E-state index in [0.717, 1.165) is 17.0 Å². The molecule has 24 heavy (non-hydrogen) atoms. The number of thioether (sulfide) groups is 1. The van der Waals surface area contributed by atoms with Crippen molar-refractivity contribution in [2.75, 3.05) is 11.1 Å². The molecule has 0 aromatic heterocycles. The highest BCUT2D eigenvalue weighted by Crippen LogP contribution is 2.26. The summed E-state index contributed by atoms with van der Waals surface area (Å²) >= 11 is 1.47. The molecule has 1 N–H and O–H groups in total. The van der Waals surface area contributed by atoms with E-state index in [0.29, 0.717) is 17.0 Å². The Labute approximate surface area is 141 Å². The summed E-state index contributed by atoms with van der Waals surface area (Å²) in [4.78, 5) is 13.1. The molecule has 0 radical (unpaired) electrons. The van der Waals surface area contributed by atoms with Gasteiger partial charge in [0.1, 0.15) is 5.75 Å². The minimum Gasteiger partial charge on any atom is -0.406 e. The van der Waals surface area contributed by atoms with Gasteiger partial charge in [-0.25, -0.2) is 0 Å². The fourth-order valence-corrected chi connectivity index (χ4v) is 2.66. The molecule has 7 heteroatoms.